The summed E-state index contributed by atoms with van der Waals surface area (Å²) in [4.78, 5) is 41.8. The number of benzene rings is 2. The van der Waals surface area contributed by atoms with Crippen molar-refractivity contribution < 1.29 is 19.1 Å². The Morgan fingerprint density at radius 2 is 1.54 bits per heavy atom. The van der Waals surface area contributed by atoms with Crippen LogP contribution in [0.4, 0.5) is 10.5 Å². The van der Waals surface area contributed by atoms with Crippen molar-refractivity contribution in [1.82, 2.24) is 9.80 Å². The molecular weight excluding hydrogens is 442 g/mol. The smallest absolute Gasteiger partial charge is 0.410 e. The molecule has 1 heterocycles. The van der Waals surface area contributed by atoms with E-state index in [2.05, 4.69) is 5.32 Å². The van der Waals surface area contributed by atoms with Crippen LogP contribution in [0.2, 0.25) is 0 Å². The van der Waals surface area contributed by atoms with Gasteiger partial charge in [-0.2, -0.15) is 0 Å². The van der Waals surface area contributed by atoms with Gasteiger partial charge >= 0.3 is 6.09 Å². The fourth-order valence-corrected chi connectivity index (χ4v) is 4.71. The van der Waals surface area contributed by atoms with Crippen LogP contribution >= 0.6 is 0 Å². The van der Waals surface area contributed by atoms with Crippen LogP contribution in [0.1, 0.15) is 56.8 Å². The van der Waals surface area contributed by atoms with Crippen molar-refractivity contribution in [2.45, 2.75) is 52.1 Å². The molecule has 3 amide bonds. The summed E-state index contributed by atoms with van der Waals surface area (Å²) in [5, 5.41) is 3.05. The molecule has 1 aliphatic carbocycles. The average molecular weight is 478 g/mol. The molecule has 2 fully saturated rings. The molecule has 35 heavy (non-hydrogen) atoms. The van der Waals surface area contributed by atoms with Gasteiger partial charge in [0, 0.05) is 43.3 Å². The topological polar surface area (TPSA) is 79.0 Å². The predicted molar refractivity (Wildman–Crippen MR) is 136 cm³/mol. The van der Waals surface area contributed by atoms with Gasteiger partial charge in [0.2, 0.25) is 5.91 Å². The fraction of sp³-hybridized carbons (Fsp3) is 0.464. The Hall–Kier alpha value is -3.35. The number of nitrogens with zero attached hydrogens (tertiary/aromatic N) is 2. The van der Waals surface area contributed by atoms with Crippen LogP contribution in [-0.4, -0.2) is 59.5 Å². The van der Waals surface area contributed by atoms with Crippen molar-refractivity contribution in [1.29, 1.82) is 0 Å². The average Bonchev–Trinajstić information content (AvgIpc) is 3.38. The molecule has 1 N–H and O–H groups in total. The van der Waals surface area contributed by atoms with Crippen LogP contribution in [0, 0.1) is 5.92 Å². The van der Waals surface area contributed by atoms with Crippen molar-refractivity contribution in [2.75, 3.05) is 31.5 Å². The van der Waals surface area contributed by atoms with Crippen molar-refractivity contribution in [2.24, 2.45) is 5.92 Å². The van der Waals surface area contributed by atoms with Crippen molar-refractivity contribution in [3.05, 3.63) is 54.1 Å². The highest BCUT2D eigenvalue weighted by molar-refractivity contribution is 6.01. The third-order valence-corrected chi connectivity index (χ3v) is 6.54. The maximum atomic E-state index is 13.5. The lowest BCUT2D eigenvalue weighted by Crippen LogP contribution is -2.51. The minimum atomic E-state index is -0.548. The lowest BCUT2D eigenvalue weighted by Gasteiger charge is -2.35. The molecule has 186 valence electrons. The molecule has 2 aliphatic rings. The van der Waals surface area contributed by atoms with Gasteiger partial charge in [0.1, 0.15) is 5.60 Å². The summed E-state index contributed by atoms with van der Waals surface area (Å²) in [7, 11) is 0. The molecule has 0 aromatic heterocycles. The van der Waals surface area contributed by atoms with Gasteiger partial charge in [-0.1, -0.05) is 43.2 Å². The van der Waals surface area contributed by atoms with Crippen molar-refractivity contribution in [3.63, 3.8) is 0 Å². The predicted octanol–water partition coefficient (Wildman–Crippen LogP) is 5.18. The van der Waals surface area contributed by atoms with Gasteiger partial charge in [-0.25, -0.2) is 4.79 Å². The monoisotopic (exact) mass is 477 g/mol. The zero-order valence-corrected chi connectivity index (χ0v) is 20.9. The standard InChI is InChI=1S/C28H35N3O4/c1-28(2,3)35-27(34)31-17-15-30(16-18-31)26(33)24-14-7-6-13-23(24)21-11-8-12-22(19-21)29-25(32)20-9-4-5-10-20/h6-8,11-14,19-20H,4-5,9-10,15-18H2,1-3H3,(H,29,32). The van der Waals surface area contributed by atoms with E-state index < -0.39 is 5.60 Å². The molecule has 0 radical (unpaired) electrons. The van der Waals surface area contributed by atoms with E-state index in [1.807, 2.05) is 69.3 Å². The molecular formula is C28H35N3O4. The van der Waals surface area contributed by atoms with E-state index in [1.165, 1.54) is 0 Å². The summed E-state index contributed by atoms with van der Waals surface area (Å²) >= 11 is 0. The number of piperazine rings is 1. The van der Waals surface area contributed by atoms with E-state index in [9.17, 15) is 14.4 Å². The number of rotatable bonds is 4. The van der Waals surface area contributed by atoms with Gasteiger partial charge in [-0.3, -0.25) is 9.59 Å². The first-order valence-electron chi connectivity index (χ1n) is 12.5. The summed E-state index contributed by atoms with van der Waals surface area (Å²) in [6.45, 7) is 7.30. The van der Waals surface area contributed by atoms with Gasteiger partial charge in [0.05, 0.1) is 0 Å². The summed E-state index contributed by atoms with van der Waals surface area (Å²) in [6.07, 6.45) is 3.77. The summed E-state index contributed by atoms with van der Waals surface area (Å²) < 4.78 is 5.46. The van der Waals surface area contributed by atoms with Crippen molar-refractivity contribution >= 4 is 23.6 Å². The maximum absolute atomic E-state index is 13.5. The third-order valence-electron chi connectivity index (χ3n) is 6.54. The first kappa shape index (κ1) is 24.8. The lowest BCUT2D eigenvalue weighted by molar-refractivity contribution is -0.119. The summed E-state index contributed by atoms with van der Waals surface area (Å²) in [5.41, 5.74) is 2.51. The summed E-state index contributed by atoms with van der Waals surface area (Å²) in [5.74, 6) is 0.101. The second kappa shape index (κ2) is 10.5. The molecule has 2 aromatic carbocycles. The van der Waals surface area contributed by atoms with Gasteiger partial charge in [-0.15, -0.1) is 0 Å². The first-order valence-corrected chi connectivity index (χ1v) is 12.5. The number of carbonyl (C=O) groups excluding carboxylic acids is 3. The minimum absolute atomic E-state index is 0.0650. The SMILES string of the molecule is CC(C)(C)OC(=O)N1CCN(C(=O)c2ccccc2-c2cccc(NC(=O)C3CCCC3)c2)CC1. The Morgan fingerprint density at radius 3 is 2.23 bits per heavy atom. The second-order valence-electron chi connectivity index (χ2n) is 10.4. The number of hydrogen-bond acceptors (Lipinski definition) is 4. The van der Waals surface area contributed by atoms with Gasteiger partial charge in [0.15, 0.2) is 0 Å². The van der Waals surface area contributed by atoms with E-state index in [0.717, 1.165) is 42.5 Å². The Bertz CT molecular complexity index is 1080. The Morgan fingerprint density at radius 1 is 0.886 bits per heavy atom. The second-order valence-corrected chi connectivity index (χ2v) is 10.4. The Labute approximate surface area is 207 Å². The van der Waals surface area contributed by atoms with E-state index in [0.29, 0.717) is 31.7 Å². The normalized spacial score (nSPS) is 16.8. The van der Waals surface area contributed by atoms with Crippen molar-refractivity contribution in [3.8, 4) is 11.1 Å². The van der Waals surface area contributed by atoms with Gasteiger partial charge in [0.25, 0.3) is 5.91 Å². The number of ether oxygens (including phenoxy) is 1. The van der Waals surface area contributed by atoms with Gasteiger partial charge in [-0.05, 0) is 62.9 Å². The quantitative estimate of drug-likeness (QED) is 0.659. The molecule has 7 nitrogen and oxygen atoms in total. The fourth-order valence-electron chi connectivity index (χ4n) is 4.71. The minimum Gasteiger partial charge on any atom is -0.444 e. The van der Waals surface area contributed by atoms with E-state index >= 15 is 0 Å². The number of amides is 3. The number of hydrogen-bond donors (Lipinski definition) is 1. The Kier molecular flexibility index (Phi) is 7.43. The highest BCUT2D eigenvalue weighted by atomic mass is 16.6. The summed E-state index contributed by atoms with van der Waals surface area (Å²) in [6, 6.07) is 15.2. The van der Waals surface area contributed by atoms with Crippen LogP contribution in [0.25, 0.3) is 11.1 Å². The molecule has 0 atom stereocenters. The molecule has 4 rings (SSSR count). The third kappa shape index (κ3) is 6.21. The van der Waals surface area contributed by atoms with E-state index in [4.69, 9.17) is 4.74 Å². The lowest BCUT2D eigenvalue weighted by atomic mass is 9.98. The van der Waals surface area contributed by atoms with Crippen LogP contribution in [0.15, 0.2) is 48.5 Å². The molecule has 1 aliphatic heterocycles. The zero-order chi connectivity index (χ0) is 25.0. The van der Waals surface area contributed by atoms with Crippen LogP contribution < -0.4 is 5.32 Å². The van der Waals surface area contributed by atoms with Gasteiger partial charge < -0.3 is 19.9 Å². The number of carbonyl (C=O) groups is 3. The molecule has 1 saturated carbocycles. The van der Waals surface area contributed by atoms with E-state index in [-0.39, 0.29) is 23.8 Å². The molecule has 7 heteroatoms. The van der Waals surface area contributed by atoms with Crippen LogP contribution in [0.5, 0.6) is 0 Å². The molecule has 2 aromatic rings. The Balaban J connectivity index is 1.45. The van der Waals surface area contributed by atoms with Crippen LogP contribution in [0.3, 0.4) is 0 Å². The molecule has 1 saturated heterocycles. The zero-order valence-electron chi connectivity index (χ0n) is 20.9. The maximum Gasteiger partial charge on any atom is 0.410 e. The number of nitrogens with one attached hydrogen (secondary N) is 1. The van der Waals surface area contributed by atoms with Crippen LogP contribution in [-0.2, 0) is 9.53 Å². The van der Waals surface area contributed by atoms with E-state index in [1.54, 1.807) is 9.80 Å². The number of anilines is 1. The highest BCUT2D eigenvalue weighted by Crippen LogP contribution is 2.29. The largest absolute Gasteiger partial charge is 0.444 e. The molecule has 0 bridgehead atoms. The first-order chi connectivity index (χ1) is 16.7. The highest BCUT2D eigenvalue weighted by Gasteiger charge is 2.29. The molecule has 0 unspecified atom stereocenters. The molecule has 0 spiro atoms.